The average molecular weight is 519 g/mol. The lowest BCUT2D eigenvalue weighted by atomic mass is 9.78. The van der Waals surface area contributed by atoms with Crippen molar-refractivity contribution in [3.05, 3.63) is 87.9 Å². The van der Waals surface area contributed by atoms with E-state index in [0.717, 1.165) is 53.7 Å². The minimum absolute atomic E-state index is 0.112. The molecule has 0 heterocycles. The Balaban J connectivity index is 1.44. The third kappa shape index (κ3) is 5.02. The Kier molecular flexibility index (Phi) is 6.84. The van der Waals surface area contributed by atoms with Crippen LogP contribution in [0.5, 0.6) is 5.75 Å². The number of carboxylic acids is 1. The van der Waals surface area contributed by atoms with E-state index in [4.69, 9.17) is 21.1 Å². The van der Waals surface area contributed by atoms with Crippen molar-refractivity contribution in [3.63, 3.8) is 0 Å². The van der Waals surface area contributed by atoms with Gasteiger partial charge in [-0.1, -0.05) is 62.7 Å². The number of carboxylic acid groups (broad SMARTS) is 1. The SMILES string of the molecule is CO[C@H](c1cc(COc2ccc3c(c2)[C@]2(CCC3)C[C@H]2C(=O)O)ccc1-c1cccc(Cl)c1)C(C)(C)C. The Morgan fingerprint density at radius 2 is 1.95 bits per heavy atom. The van der Waals surface area contributed by atoms with Crippen molar-refractivity contribution in [1.82, 2.24) is 0 Å². The first kappa shape index (κ1) is 25.8. The lowest BCUT2D eigenvalue weighted by molar-refractivity contribution is -0.139. The molecule has 5 heteroatoms. The normalized spacial score (nSPS) is 21.4. The molecule has 4 nitrogen and oxygen atoms in total. The van der Waals surface area contributed by atoms with Crippen molar-refractivity contribution in [1.29, 1.82) is 0 Å². The van der Waals surface area contributed by atoms with E-state index in [0.29, 0.717) is 11.6 Å². The molecule has 0 bridgehead atoms. The first-order chi connectivity index (χ1) is 17.6. The predicted octanol–water partition coefficient (Wildman–Crippen LogP) is 8.00. The summed E-state index contributed by atoms with van der Waals surface area (Å²) < 4.78 is 12.3. The van der Waals surface area contributed by atoms with Crippen LogP contribution in [0.25, 0.3) is 11.1 Å². The van der Waals surface area contributed by atoms with Gasteiger partial charge in [-0.2, -0.15) is 0 Å². The maximum atomic E-state index is 11.7. The Bertz CT molecular complexity index is 1320. The standard InChI is InChI=1S/C32H35ClO4/c1-31(2,3)29(36-4)26-15-20(10-13-25(26)22-7-5-9-23(33)16-22)19-37-24-12-11-21-8-6-14-32(27(21)17-24)18-28(32)30(34)35/h5,7,9-13,15-17,28-29H,6,8,14,18-19H2,1-4H3,(H,34,35)/t28-,29+,32-/m0/s1. The Morgan fingerprint density at radius 1 is 1.14 bits per heavy atom. The summed E-state index contributed by atoms with van der Waals surface area (Å²) in [6, 6.07) is 20.5. The molecule has 2 aliphatic carbocycles. The van der Waals surface area contributed by atoms with Crippen molar-refractivity contribution < 1.29 is 19.4 Å². The van der Waals surface area contributed by atoms with E-state index < -0.39 is 5.97 Å². The van der Waals surface area contributed by atoms with Crippen LogP contribution in [0.1, 0.15) is 68.4 Å². The Hall–Kier alpha value is -2.82. The second-order valence-corrected chi connectivity index (χ2v) is 12.1. The van der Waals surface area contributed by atoms with Crippen molar-refractivity contribution in [2.24, 2.45) is 11.3 Å². The third-order valence-electron chi connectivity index (χ3n) is 8.02. The molecule has 3 aromatic carbocycles. The molecule has 0 aliphatic heterocycles. The first-order valence-electron chi connectivity index (χ1n) is 13.0. The maximum Gasteiger partial charge on any atom is 0.307 e. The lowest BCUT2D eigenvalue weighted by Gasteiger charge is -2.32. The molecule has 1 fully saturated rings. The molecule has 1 spiro atoms. The van der Waals surface area contributed by atoms with Crippen molar-refractivity contribution in [2.75, 3.05) is 7.11 Å². The van der Waals surface area contributed by atoms with Gasteiger partial charge in [0.2, 0.25) is 0 Å². The average Bonchev–Trinajstić information content (AvgIpc) is 3.58. The molecular weight excluding hydrogens is 484 g/mol. The number of methoxy groups -OCH3 is 1. The fourth-order valence-electron chi connectivity index (χ4n) is 6.21. The molecule has 0 amide bonds. The summed E-state index contributed by atoms with van der Waals surface area (Å²) in [5.74, 6) is -0.166. The second kappa shape index (κ2) is 9.81. The highest BCUT2D eigenvalue weighted by atomic mass is 35.5. The fourth-order valence-corrected chi connectivity index (χ4v) is 6.40. The lowest BCUT2D eigenvalue weighted by Crippen LogP contribution is -2.21. The molecule has 3 atom stereocenters. The van der Waals surface area contributed by atoms with Crippen LogP contribution >= 0.6 is 11.6 Å². The van der Waals surface area contributed by atoms with Crippen molar-refractivity contribution in [3.8, 4) is 16.9 Å². The summed E-state index contributed by atoms with van der Waals surface area (Å²) in [6.07, 6.45) is 3.61. The molecule has 1 saturated carbocycles. The number of hydrogen-bond donors (Lipinski definition) is 1. The topological polar surface area (TPSA) is 55.8 Å². The van der Waals surface area contributed by atoms with Gasteiger partial charge in [-0.25, -0.2) is 0 Å². The zero-order valence-electron chi connectivity index (χ0n) is 22.0. The van der Waals surface area contributed by atoms with Crippen LogP contribution < -0.4 is 4.74 Å². The Labute approximate surface area is 224 Å². The highest BCUT2D eigenvalue weighted by Gasteiger charge is 2.60. The minimum atomic E-state index is -0.682. The predicted molar refractivity (Wildman–Crippen MR) is 147 cm³/mol. The summed E-state index contributed by atoms with van der Waals surface area (Å²) in [7, 11) is 1.76. The van der Waals surface area contributed by atoms with Gasteiger partial charge in [-0.05, 0) is 94.8 Å². The molecule has 0 unspecified atom stereocenters. The highest BCUT2D eigenvalue weighted by molar-refractivity contribution is 6.30. The smallest absolute Gasteiger partial charge is 0.307 e. The van der Waals surface area contributed by atoms with Crippen LogP contribution in [-0.2, 0) is 28.0 Å². The van der Waals surface area contributed by atoms with E-state index in [9.17, 15) is 9.90 Å². The van der Waals surface area contributed by atoms with Crippen LogP contribution in [0.2, 0.25) is 5.02 Å². The monoisotopic (exact) mass is 518 g/mol. The van der Waals surface area contributed by atoms with Crippen LogP contribution in [0.15, 0.2) is 60.7 Å². The largest absolute Gasteiger partial charge is 0.489 e. The van der Waals surface area contributed by atoms with Crippen LogP contribution in [0.3, 0.4) is 0 Å². The van der Waals surface area contributed by atoms with Gasteiger partial charge in [0.1, 0.15) is 12.4 Å². The number of aryl methyl sites for hydroxylation is 1. The summed E-state index contributed by atoms with van der Waals surface area (Å²) in [5.41, 5.74) is 6.43. The van der Waals surface area contributed by atoms with Gasteiger partial charge >= 0.3 is 5.97 Å². The van der Waals surface area contributed by atoms with E-state index in [1.54, 1.807) is 7.11 Å². The van der Waals surface area contributed by atoms with Crippen LogP contribution in [0.4, 0.5) is 0 Å². The van der Waals surface area contributed by atoms with Gasteiger partial charge in [0.25, 0.3) is 0 Å². The van der Waals surface area contributed by atoms with E-state index in [2.05, 4.69) is 57.2 Å². The molecule has 0 radical (unpaired) electrons. The molecule has 194 valence electrons. The quantitative estimate of drug-likeness (QED) is 0.344. The third-order valence-corrected chi connectivity index (χ3v) is 8.26. The number of benzene rings is 3. The van der Waals surface area contributed by atoms with Gasteiger partial charge in [-0.3, -0.25) is 4.79 Å². The van der Waals surface area contributed by atoms with Crippen molar-refractivity contribution >= 4 is 17.6 Å². The first-order valence-corrected chi connectivity index (χ1v) is 13.4. The van der Waals surface area contributed by atoms with E-state index in [1.807, 2.05) is 24.3 Å². The molecule has 37 heavy (non-hydrogen) atoms. The molecular formula is C32H35ClO4. The molecule has 0 aromatic heterocycles. The van der Waals surface area contributed by atoms with Gasteiger partial charge < -0.3 is 14.6 Å². The molecule has 1 N–H and O–H groups in total. The number of hydrogen-bond acceptors (Lipinski definition) is 3. The molecule has 2 aliphatic rings. The Morgan fingerprint density at radius 3 is 2.62 bits per heavy atom. The maximum absolute atomic E-state index is 11.7. The molecule has 0 saturated heterocycles. The van der Waals surface area contributed by atoms with E-state index in [1.165, 1.54) is 11.1 Å². The van der Waals surface area contributed by atoms with E-state index >= 15 is 0 Å². The number of aliphatic carboxylic acids is 1. The summed E-state index contributed by atoms with van der Waals surface area (Å²) in [5, 5.41) is 10.3. The van der Waals surface area contributed by atoms with Gasteiger partial charge in [0.15, 0.2) is 0 Å². The fraction of sp³-hybridized carbons (Fsp3) is 0.406. The van der Waals surface area contributed by atoms with Gasteiger partial charge in [-0.15, -0.1) is 0 Å². The number of fused-ring (bicyclic) bond motifs is 2. The van der Waals surface area contributed by atoms with Gasteiger partial charge in [0.05, 0.1) is 12.0 Å². The highest BCUT2D eigenvalue weighted by Crippen LogP contribution is 2.60. The summed E-state index contributed by atoms with van der Waals surface area (Å²) in [6.45, 7) is 6.95. The molecule has 3 aromatic rings. The van der Waals surface area contributed by atoms with Crippen LogP contribution in [0, 0.1) is 11.3 Å². The number of halogens is 1. The number of ether oxygens (including phenoxy) is 2. The number of carbonyl (C=O) groups is 1. The zero-order valence-corrected chi connectivity index (χ0v) is 22.8. The second-order valence-electron chi connectivity index (χ2n) is 11.6. The van der Waals surface area contributed by atoms with Gasteiger partial charge in [0, 0.05) is 17.5 Å². The summed E-state index contributed by atoms with van der Waals surface area (Å²) in [4.78, 5) is 11.7. The summed E-state index contributed by atoms with van der Waals surface area (Å²) >= 11 is 6.32. The molecule has 5 rings (SSSR count). The van der Waals surface area contributed by atoms with Crippen LogP contribution in [-0.4, -0.2) is 18.2 Å². The zero-order chi connectivity index (χ0) is 26.4. The minimum Gasteiger partial charge on any atom is -0.489 e. The number of rotatable bonds is 7. The van der Waals surface area contributed by atoms with Crippen molar-refractivity contribution in [2.45, 2.75) is 64.6 Å². The van der Waals surface area contributed by atoms with E-state index in [-0.39, 0.29) is 22.9 Å².